The second kappa shape index (κ2) is 6.47. The summed E-state index contributed by atoms with van der Waals surface area (Å²) in [5, 5.41) is 5.39. The zero-order valence-electron chi connectivity index (χ0n) is 16.4. The lowest BCUT2D eigenvalue weighted by Gasteiger charge is -2.33. The van der Waals surface area contributed by atoms with Gasteiger partial charge in [-0.25, -0.2) is 0 Å². The van der Waals surface area contributed by atoms with Crippen LogP contribution in [0.4, 0.5) is 5.69 Å². The number of quaternary nitrogens is 1. The number of nitrogens with two attached hydrogens (primary N) is 1. The molecule has 3 heterocycles. The van der Waals surface area contributed by atoms with E-state index < -0.39 is 22.9 Å². The number of rotatable bonds is 3. The lowest BCUT2D eigenvalue weighted by molar-refractivity contribution is -0.733. The lowest BCUT2D eigenvalue weighted by atomic mass is 9.76. The molecule has 3 aliphatic rings. The van der Waals surface area contributed by atoms with Crippen LogP contribution >= 0.6 is 23.4 Å². The zero-order valence-corrected chi connectivity index (χ0v) is 18.0. The first kappa shape index (κ1) is 19.7. The van der Waals surface area contributed by atoms with E-state index in [1.165, 1.54) is 4.90 Å². The quantitative estimate of drug-likeness (QED) is 0.724. The predicted octanol–water partition coefficient (Wildman–Crippen LogP) is 1.59. The maximum Gasteiger partial charge on any atom is 0.291 e. The van der Waals surface area contributed by atoms with Crippen LogP contribution in [0.3, 0.4) is 0 Å². The minimum Gasteiger partial charge on any atom is -0.326 e. The van der Waals surface area contributed by atoms with Crippen LogP contribution in [0.25, 0.3) is 0 Å². The second-order valence-electron chi connectivity index (χ2n) is 8.81. The second-order valence-corrected chi connectivity index (χ2v) is 10.2. The highest BCUT2D eigenvalue weighted by Crippen LogP contribution is 2.51. The molecule has 150 valence electrons. The molecule has 0 aliphatic carbocycles. The number of hydrogen-bond acceptors (Lipinski definition) is 4. The van der Waals surface area contributed by atoms with Crippen LogP contribution in [0, 0.1) is 11.8 Å². The molecule has 28 heavy (non-hydrogen) atoms. The molecule has 4 rings (SSSR count). The normalized spacial score (nSPS) is 31.5. The molecule has 3 N–H and O–H groups in total. The van der Waals surface area contributed by atoms with Crippen molar-refractivity contribution in [2.75, 3.05) is 17.3 Å². The highest BCUT2D eigenvalue weighted by Gasteiger charge is 2.74. The topological polar surface area (TPSA) is 83.1 Å². The zero-order chi connectivity index (χ0) is 20.4. The van der Waals surface area contributed by atoms with Gasteiger partial charge in [-0.3, -0.25) is 19.3 Å². The Morgan fingerprint density at radius 3 is 2.61 bits per heavy atom. The average molecular weight is 423 g/mol. The van der Waals surface area contributed by atoms with E-state index in [0.717, 1.165) is 12.2 Å². The van der Waals surface area contributed by atoms with Crippen molar-refractivity contribution in [1.29, 1.82) is 0 Å². The van der Waals surface area contributed by atoms with Crippen molar-refractivity contribution >= 4 is 46.8 Å². The summed E-state index contributed by atoms with van der Waals surface area (Å²) in [6.07, 6.45) is 2.77. The molecule has 1 aromatic rings. The Bertz CT molecular complexity index is 884. The van der Waals surface area contributed by atoms with E-state index in [9.17, 15) is 14.4 Å². The number of nitrogens with one attached hydrogen (secondary N) is 1. The van der Waals surface area contributed by atoms with Gasteiger partial charge < -0.3 is 10.6 Å². The molecule has 4 atom stereocenters. The third kappa shape index (κ3) is 2.56. The number of benzene rings is 1. The monoisotopic (exact) mass is 422 g/mol. The molecule has 0 radical (unpaired) electrons. The number of thioether (sulfide) groups is 1. The van der Waals surface area contributed by atoms with Crippen LogP contribution in [0.1, 0.15) is 32.8 Å². The number of amides is 3. The molecule has 0 aromatic heterocycles. The van der Waals surface area contributed by atoms with Crippen molar-refractivity contribution < 1.29 is 19.7 Å². The van der Waals surface area contributed by atoms with E-state index in [4.69, 9.17) is 11.6 Å². The summed E-state index contributed by atoms with van der Waals surface area (Å²) in [4.78, 5) is 41.5. The first-order valence-electron chi connectivity index (χ1n) is 9.47. The van der Waals surface area contributed by atoms with Gasteiger partial charge in [-0.05, 0) is 51.0 Å². The molecule has 1 spiro atoms. The van der Waals surface area contributed by atoms with Gasteiger partial charge in [0.1, 0.15) is 17.9 Å². The number of carbonyl (C=O) groups excluding carboxylic acids is 3. The highest BCUT2D eigenvalue weighted by atomic mass is 35.5. The maximum atomic E-state index is 13.5. The van der Waals surface area contributed by atoms with Crippen molar-refractivity contribution in [1.82, 2.24) is 4.90 Å². The molecule has 0 unspecified atom stereocenters. The van der Waals surface area contributed by atoms with Crippen LogP contribution < -0.4 is 10.6 Å². The fourth-order valence-corrected chi connectivity index (χ4v) is 5.79. The molecule has 6 nitrogen and oxygen atoms in total. The smallest absolute Gasteiger partial charge is 0.291 e. The van der Waals surface area contributed by atoms with Gasteiger partial charge in [0, 0.05) is 22.5 Å². The summed E-state index contributed by atoms with van der Waals surface area (Å²) in [7, 11) is 0. The molecule has 2 saturated heterocycles. The highest BCUT2D eigenvalue weighted by molar-refractivity contribution is 7.98. The Morgan fingerprint density at radius 2 is 1.96 bits per heavy atom. The van der Waals surface area contributed by atoms with E-state index in [1.807, 2.05) is 32.3 Å². The van der Waals surface area contributed by atoms with Gasteiger partial charge in [0.15, 0.2) is 0 Å². The lowest BCUT2D eigenvalue weighted by Crippen LogP contribution is -2.99. The van der Waals surface area contributed by atoms with Crippen molar-refractivity contribution in [3.05, 3.63) is 28.8 Å². The number of hydrogen-bond donors (Lipinski definition) is 2. The van der Waals surface area contributed by atoms with E-state index in [2.05, 4.69) is 5.32 Å². The Kier molecular flexibility index (Phi) is 4.56. The van der Waals surface area contributed by atoms with Gasteiger partial charge in [-0.2, -0.15) is 11.8 Å². The minimum atomic E-state index is -1.14. The van der Waals surface area contributed by atoms with E-state index in [1.54, 1.807) is 30.0 Å². The first-order valence-corrected chi connectivity index (χ1v) is 11.2. The number of fused-ring (bicyclic) bond motifs is 4. The largest absolute Gasteiger partial charge is 0.326 e. The minimum absolute atomic E-state index is 0.128. The SMILES string of the molecule is CSCC[C@@H]1[NH2+][C@]2(C(=O)Nc3ccc(Cl)cc32)[C@H]2C(=O)N(C(C)(C)C)C(=O)[C@H]12. The third-order valence-electron chi connectivity index (χ3n) is 6.16. The third-order valence-corrected chi connectivity index (χ3v) is 7.04. The van der Waals surface area contributed by atoms with Gasteiger partial charge in [0.05, 0.1) is 5.69 Å². The summed E-state index contributed by atoms with van der Waals surface area (Å²) in [5.41, 5.74) is -0.385. The molecular weight excluding hydrogens is 398 g/mol. The molecule has 1 aromatic carbocycles. The molecule has 3 aliphatic heterocycles. The number of imide groups is 1. The van der Waals surface area contributed by atoms with E-state index in [-0.39, 0.29) is 23.8 Å². The van der Waals surface area contributed by atoms with Crippen LogP contribution in [0.15, 0.2) is 18.2 Å². The average Bonchev–Trinajstić information content (AvgIpc) is 3.18. The van der Waals surface area contributed by atoms with Gasteiger partial charge >= 0.3 is 0 Å². The van der Waals surface area contributed by atoms with Crippen LogP contribution in [0.2, 0.25) is 5.02 Å². The Morgan fingerprint density at radius 1 is 1.25 bits per heavy atom. The van der Waals surface area contributed by atoms with Crippen molar-refractivity contribution in [2.45, 2.75) is 44.3 Å². The number of carbonyl (C=O) groups is 3. The van der Waals surface area contributed by atoms with Crippen molar-refractivity contribution in [2.24, 2.45) is 11.8 Å². The fraction of sp³-hybridized carbons (Fsp3) is 0.550. The predicted molar refractivity (Wildman–Crippen MR) is 109 cm³/mol. The summed E-state index contributed by atoms with van der Waals surface area (Å²) >= 11 is 7.94. The maximum absolute atomic E-state index is 13.5. The molecule has 0 bridgehead atoms. The summed E-state index contributed by atoms with van der Waals surface area (Å²) in [5.74, 6) is -1.01. The van der Waals surface area contributed by atoms with Crippen LogP contribution in [0.5, 0.6) is 0 Å². The van der Waals surface area contributed by atoms with E-state index >= 15 is 0 Å². The van der Waals surface area contributed by atoms with Gasteiger partial charge in [-0.15, -0.1) is 0 Å². The van der Waals surface area contributed by atoms with Crippen LogP contribution in [-0.4, -0.2) is 46.2 Å². The molecular formula is C20H25ClN3O3S+. The van der Waals surface area contributed by atoms with Gasteiger partial charge in [0.25, 0.3) is 5.91 Å². The number of halogens is 1. The van der Waals surface area contributed by atoms with Crippen LogP contribution in [-0.2, 0) is 19.9 Å². The number of likely N-dealkylation sites (tertiary alicyclic amines) is 1. The Balaban J connectivity index is 1.89. The molecule has 3 amide bonds. The van der Waals surface area contributed by atoms with E-state index in [0.29, 0.717) is 16.3 Å². The van der Waals surface area contributed by atoms with Crippen molar-refractivity contribution in [3.63, 3.8) is 0 Å². The summed E-state index contributed by atoms with van der Waals surface area (Å²) in [6.45, 7) is 5.57. The number of anilines is 1. The summed E-state index contributed by atoms with van der Waals surface area (Å²) in [6, 6.07) is 5.12. The Labute approximate surface area is 173 Å². The molecule has 0 saturated carbocycles. The Hall–Kier alpha value is -1.57. The standard InChI is InChI=1S/C20H24ClN3O3S/c1-19(2,3)24-16(25)14-13(7-8-28-4)23-20(15(14)17(24)26)11-9-10(21)5-6-12(11)22-18(20)27/h5-6,9,13-15,23H,7-8H2,1-4H3,(H,22,27)/p+1/t13-,14+,15+,20-/m0/s1. The van der Waals surface area contributed by atoms with Crippen molar-refractivity contribution in [3.8, 4) is 0 Å². The fourth-order valence-electron chi connectivity index (χ4n) is 5.11. The summed E-state index contributed by atoms with van der Waals surface area (Å²) < 4.78 is 0. The molecule has 2 fully saturated rings. The molecule has 8 heteroatoms. The number of nitrogens with zero attached hydrogens (tertiary/aromatic N) is 1. The first-order chi connectivity index (χ1) is 13.1. The van der Waals surface area contributed by atoms with Gasteiger partial charge in [-0.1, -0.05) is 11.6 Å². The van der Waals surface area contributed by atoms with Gasteiger partial charge in [0.2, 0.25) is 17.4 Å².